The van der Waals surface area contributed by atoms with Gasteiger partial charge in [-0.25, -0.2) is 9.97 Å². The summed E-state index contributed by atoms with van der Waals surface area (Å²) in [5.41, 5.74) is 3.48. The van der Waals surface area contributed by atoms with Gasteiger partial charge in [-0.15, -0.1) is 0 Å². The minimum Gasteiger partial charge on any atom is -0.348 e. The molecule has 0 fully saturated rings. The number of hydrogen-bond donors (Lipinski definition) is 1. The van der Waals surface area contributed by atoms with Crippen molar-refractivity contribution in [2.75, 3.05) is 0 Å². The van der Waals surface area contributed by atoms with Crippen molar-refractivity contribution in [1.82, 2.24) is 15.3 Å². The highest BCUT2D eigenvalue weighted by Crippen LogP contribution is 2.05. The fourth-order valence-electron chi connectivity index (χ4n) is 1.60. The van der Waals surface area contributed by atoms with Crippen molar-refractivity contribution in [3.8, 4) is 0 Å². The Morgan fingerprint density at radius 3 is 2.61 bits per heavy atom. The quantitative estimate of drug-likeness (QED) is 0.894. The van der Waals surface area contributed by atoms with Crippen LogP contribution in [0.4, 0.5) is 0 Å². The molecule has 1 aromatic carbocycles. The standard InChI is InChI=1S/C14H15N3O/c1-10-3-5-12(6-4-10)7-16-14(18)13-8-15-9-17-11(13)2/h3-6,8-9H,7H2,1-2H3,(H,16,18). The topological polar surface area (TPSA) is 54.9 Å². The van der Waals surface area contributed by atoms with E-state index in [1.165, 1.54) is 18.1 Å². The number of hydrogen-bond acceptors (Lipinski definition) is 3. The first-order valence-electron chi connectivity index (χ1n) is 5.77. The van der Waals surface area contributed by atoms with Gasteiger partial charge in [0, 0.05) is 12.7 Å². The largest absolute Gasteiger partial charge is 0.348 e. The predicted molar refractivity (Wildman–Crippen MR) is 69.1 cm³/mol. The SMILES string of the molecule is Cc1ccc(CNC(=O)c2cncnc2C)cc1. The first kappa shape index (κ1) is 12.2. The van der Waals surface area contributed by atoms with Crippen molar-refractivity contribution in [2.24, 2.45) is 0 Å². The highest BCUT2D eigenvalue weighted by molar-refractivity contribution is 5.94. The van der Waals surface area contributed by atoms with Crippen LogP contribution in [-0.2, 0) is 6.54 Å². The smallest absolute Gasteiger partial charge is 0.254 e. The van der Waals surface area contributed by atoms with Crippen LogP contribution < -0.4 is 5.32 Å². The Morgan fingerprint density at radius 2 is 1.94 bits per heavy atom. The molecular weight excluding hydrogens is 226 g/mol. The Morgan fingerprint density at radius 1 is 1.22 bits per heavy atom. The molecule has 0 aliphatic carbocycles. The van der Waals surface area contributed by atoms with Gasteiger partial charge >= 0.3 is 0 Å². The predicted octanol–water partition coefficient (Wildman–Crippen LogP) is 2.02. The molecule has 0 atom stereocenters. The first-order valence-corrected chi connectivity index (χ1v) is 5.77. The molecule has 2 rings (SSSR count). The number of nitrogens with one attached hydrogen (secondary N) is 1. The van der Waals surface area contributed by atoms with Crippen molar-refractivity contribution in [2.45, 2.75) is 20.4 Å². The van der Waals surface area contributed by atoms with Crippen molar-refractivity contribution in [3.63, 3.8) is 0 Å². The lowest BCUT2D eigenvalue weighted by Gasteiger charge is -2.06. The summed E-state index contributed by atoms with van der Waals surface area (Å²) >= 11 is 0. The van der Waals surface area contributed by atoms with Crippen molar-refractivity contribution < 1.29 is 4.79 Å². The molecule has 1 aromatic heterocycles. The van der Waals surface area contributed by atoms with E-state index in [4.69, 9.17) is 0 Å². The lowest BCUT2D eigenvalue weighted by molar-refractivity contribution is 0.0949. The lowest BCUT2D eigenvalue weighted by Crippen LogP contribution is -2.24. The molecule has 0 saturated carbocycles. The Kier molecular flexibility index (Phi) is 3.67. The van der Waals surface area contributed by atoms with Gasteiger partial charge in [-0.2, -0.15) is 0 Å². The summed E-state index contributed by atoms with van der Waals surface area (Å²) in [5.74, 6) is -0.145. The molecule has 1 amide bonds. The van der Waals surface area contributed by atoms with Crippen molar-refractivity contribution >= 4 is 5.91 Å². The zero-order chi connectivity index (χ0) is 13.0. The monoisotopic (exact) mass is 241 g/mol. The molecule has 0 bridgehead atoms. The van der Waals surface area contributed by atoms with E-state index in [1.54, 1.807) is 6.92 Å². The van der Waals surface area contributed by atoms with Gasteiger partial charge in [-0.05, 0) is 19.4 Å². The summed E-state index contributed by atoms with van der Waals surface area (Å²) in [4.78, 5) is 19.8. The van der Waals surface area contributed by atoms with Crippen LogP contribution in [0.1, 0.15) is 27.2 Å². The normalized spacial score (nSPS) is 10.1. The van der Waals surface area contributed by atoms with Gasteiger partial charge in [-0.1, -0.05) is 29.8 Å². The second-order valence-corrected chi connectivity index (χ2v) is 4.19. The summed E-state index contributed by atoms with van der Waals surface area (Å²) in [6.07, 6.45) is 2.97. The molecule has 1 N–H and O–H groups in total. The third-order valence-electron chi connectivity index (χ3n) is 2.73. The maximum atomic E-state index is 11.9. The van der Waals surface area contributed by atoms with E-state index in [1.807, 2.05) is 31.2 Å². The summed E-state index contributed by atoms with van der Waals surface area (Å²) in [6, 6.07) is 8.06. The molecule has 0 spiro atoms. The zero-order valence-electron chi connectivity index (χ0n) is 10.5. The summed E-state index contributed by atoms with van der Waals surface area (Å²) in [5, 5.41) is 2.86. The molecule has 18 heavy (non-hydrogen) atoms. The number of rotatable bonds is 3. The average molecular weight is 241 g/mol. The molecule has 0 aliphatic heterocycles. The number of nitrogens with zero attached hydrogens (tertiary/aromatic N) is 2. The Bertz CT molecular complexity index is 549. The van der Waals surface area contributed by atoms with Gasteiger partial charge in [0.1, 0.15) is 6.33 Å². The van der Waals surface area contributed by atoms with Crippen LogP contribution in [0.15, 0.2) is 36.8 Å². The molecule has 1 heterocycles. The molecule has 0 unspecified atom stereocenters. The summed E-state index contributed by atoms with van der Waals surface area (Å²) in [6.45, 7) is 4.34. The number of aromatic nitrogens is 2. The molecular formula is C14H15N3O. The molecule has 0 saturated heterocycles. The van der Waals surface area contributed by atoms with Gasteiger partial charge in [-0.3, -0.25) is 4.79 Å². The molecule has 0 radical (unpaired) electrons. The fraction of sp³-hybridized carbons (Fsp3) is 0.214. The Labute approximate surface area is 106 Å². The number of aryl methyl sites for hydroxylation is 2. The van der Waals surface area contributed by atoms with Gasteiger partial charge < -0.3 is 5.32 Å². The van der Waals surface area contributed by atoms with E-state index in [9.17, 15) is 4.79 Å². The highest BCUT2D eigenvalue weighted by Gasteiger charge is 2.09. The maximum Gasteiger partial charge on any atom is 0.254 e. The number of carbonyl (C=O) groups excluding carboxylic acids is 1. The first-order chi connectivity index (χ1) is 8.66. The van der Waals surface area contributed by atoms with Crippen LogP contribution >= 0.6 is 0 Å². The van der Waals surface area contributed by atoms with Gasteiger partial charge in [0.05, 0.1) is 11.3 Å². The summed E-state index contributed by atoms with van der Waals surface area (Å²) in [7, 11) is 0. The van der Waals surface area contributed by atoms with E-state index < -0.39 is 0 Å². The van der Waals surface area contributed by atoms with E-state index in [-0.39, 0.29) is 5.91 Å². The van der Waals surface area contributed by atoms with Crippen molar-refractivity contribution in [1.29, 1.82) is 0 Å². The van der Waals surface area contributed by atoms with Crippen LogP contribution in [0.5, 0.6) is 0 Å². The minimum atomic E-state index is -0.145. The average Bonchev–Trinajstić information content (AvgIpc) is 2.38. The second-order valence-electron chi connectivity index (χ2n) is 4.19. The number of benzene rings is 1. The van der Waals surface area contributed by atoms with Crippen molar-refractivity contribution in [3.05, 3.63) is 59.2 Å². The third kappa shape index (κ3) is 2.91. The van der Waals surface area contributed by atoms with E-state index in [0.717, 1.165) is 5.56 Å². The molecule has 4 nitrogen and oxygen atoms in total. The van der Waals surface area contributed by atoms with Gasteiger partial charge in [0.2, 0.25) is 0 Å². The zero-order valence-corrected chi connectivity index (χ0v) is 10.5. The Balaban J connectivity index is 2.01. The van der Waals surface area contributed by atoms with E-state index in [2.05, 4.69) is 15.3 Å². The summed E-state index contributed by atoms with van der Waals surface area (Å²) < 4.78 is 0. The van der Waals surface area contributed by atoms with Crippen LogP contribution in [0.2, 0.25) is 0 Å². The number of carbonyl (C=O) groups is 1. The van der Waals surface area contributed by atoms with Crippen LogP contribution in [0.3, 0.4) is 0 Å². The minimum absolute atomic E-state index is 0.145. The lowest BCUT2D eigenvalue weighted by atomic mass is 10.1. The maximum absolute atomic E-state index is 11.9. The van der Waals surface area contributed by atoms with Crippen LogP contribution in [0.25, 0.3) is 0 Å². The van der Waals surface area contributed by atoms with E-state index in [0.29, 0.717) is 17.8 Å². The third-order valence-corrected chi connectivity index (χ3v) is 2.73. The van der Waals surface area contributed by atoms with Gasteiger partial charge in [0.15, 0.2) is 0 Å². The molecule has 0 aliphatic rings. The molecule has 2 aromatic rings. The molecule has 4 heteroatoms. The number of amides is 1. The second kappa shape index (κ2) is 5.40. The van der Waals surface area contributed by atoms with Crippen LogP contribution in [-0.4, -0.2) is 15.9 Å². The Hall–Kier alpha value is -2.23. The highest BCUT2D eigenvalue weighted by atomic mass is 16.1. The fourth-order valence-corrected chi connectivity index (χ4v) is 1.60. The van der Waals surface area contributed by atoms with Gasteiger partial charge in [0.25, 0.3) is 5.91 Å². The van der Waals surface area contributed by atoms with E-state index >= 15 is 0 Å². The van der Waals surface area contributed by atoms with Crippen LogP contribution in [0, 0.1) is 13.8 Å². The molecule has 92 valence electrons.